The zero-order valence-corrected chi connectivity index (χ0v) is 20.3. The molecule has 8 heteroatoms. The van der Waals surface area contributed by atoms with Gasteiger partial charge in [0.1, 0.15) is 4.90 Å². The van der Waals surface area contributed by atoms with Crippen LogP contribution < -0.4 is 0 Å². The third kappa shape index (κ3) is 5.76. The molecule has 3 heterocycles. The number of hydrogen-bond donors (Lipinski definition) is 0. The van der Waals surface area contributed by atoms with Crippen LogP contribution in [-0.4, -0.2) is 85.4 Å². The van der Waals surface area contributed by atoms with E-state index in [0.717, 1.165) is 50.0 Å². The second-order valence-electron chi connectivity index (χ2n) is 8.89. The van der Waals surface area contributed by atoms with E-state index in [2.05, 4.69) is 20.9 Å². The van der Waals surface area contributed by atoms with Gasteiger partial charge in [-0.25, -0.2) is 8.42 Å². The lowest BCUT2D eigenvalue weighted by Crippen LogP contribution is -2.49. The first-order valence-corrected chi connectivity index (χ1v) is 13.0. The molecule has 1 aliphatic rings. The van der Waals surface area contributed by atoms with Gasteiger partial charge in [0.05, 0.1) is 5.52 Å². The van der Waals surface area contributed by atoms with E-state index < -0.39 is 10.0 Å². The minimum absolute atomic E-state index is 0.0139. The molecule has 0 bridgehead atoms. The van der Waals surface area contributed by atoms with Crippen LogP contribution in [0.1, 0.15) is 18.5 Å². The Morgan fingerprint density at radius 3 is 2.42 bits per heavy atom. The van der Waals surface area contributed by atoms with Crippen LogP contribution in [0.15, 0.2) is 65.8 Å². The van der Waals surface area contributed by atoms with E-state index in [-0.39, 0.29) is 6.04 Å². The standard InChI is InChI=1S/C25H33N5O2S/c1-28(2)19-20-30(33(31,32)24-10-5-7-21-8-6-15-27-25(21)24)23-12-17-29(18-13-23)16-11-22-9-3-4-14-26-22/h3-10,14-15,23H,11-13,16-20H2,1-2H3. The van der Waals surface area contributed by atoms with Gasteiger partial charge in [0.15, 0.2) is 0 Å². The predicted molar refractivity (Wildman–Crippen MR) is 132 cm³/mol. The largest absolute Gasteiger partial charge is 0.308 e. The van der Waals surface area contributed by atoms with Gasteiger partial charge in [0, 0.05) is 55.6 Å². The fourth-order valence-corrected chi connectivity index (χ4v) is 6.30. The molecule has 0 spiro atoms. The van der Waals surface area contributed by atoms with E-state index in [1.165, 1.54) is 0 Å². The molecule has 0 radical (unpaired) electrons. The molecule has 1 saturated heterocycles. The number of likely N-dealkylation sites (N-methyl/N-ethyl adjacent to an activating group) is 1. The zero-order valence-electron chi connectivity index (χ0n) is 19.5. The van der Waals surface area contributed by atoms with Crippen LogP contribution in [0, 0.1) is 0 Å². The number of benzene rings is 1. The zero-order chi connectivity index (χ0) is 23.3. The lowest BCUT2D eigenvalue weighted by molar-refractivity contribution is 0.155. The second kappa shape index (κ2) is 10.7. The molecule has 0 unspecified atom stereocenters. The summed E-state index contributed by atoms with van der Waals surface area (Å²) in [7, 11) is 0.273. The number of para-hydroxylation sites is 1. The maximum Gasteiger partial charge on any atom is 0.245 e. The van der Waals surface area contributed by atoms with E-state index in [1.807, 2.05) is 55.5 Å². The molecule has 7 nitrogen and oxygen atoms in total. The number of fused-ring (bicyclic) bond motifs is 1. The summed E-state index contributed by atoms with van der Waals surface area (Å²) in [5, 5.41) is 0.843. The number of aromatic nitrogens is 2. The Morgan fingerprint density at radius 1 is 0.939 bits per heavy atom. The summed E-state index contributed by atoms with van der Waals surface area (Å²) >= 11 is 0. The van der Waals surface area contributed by atoms with E-state index in [4.69, 9.17) is 0 Å². The van der Waals surface area contributed by atoms with Crippen molar-refractivity contribution in [1.29, 1.82) is 0 Å². The minimum Gasteiger partial charge on any atom is -0.308 e. The van der Waals surface area contributed by atoms with Crippen molar-refractivity contribution >= 4 is 20.9 Å². The Kier molecular flexibility index (Phi) is 7.70. The summed E-state index contributed by atoms with van der Waals surface area (Å²) < 4.78 is 29.5. The van der Waals surface area contributed by atoms with Gasteiger partial charge in [0.25, 0.3) is 0 Å². The van der Waals surface area contributed by atoms with Crippen LogP contribution >= 0.6 is 0 Å². The molecule has 0 atom stereocenters. The monoisotopic (exact) mass is 467 g/mol. The van der Waals surface area contributed by atoms with Gasteiger partial charge in [0.2, 0.25) is 10.0 Å². The summed E-state index contributed by atoms with van der Waals surface area (Å²) in [5.74, 6) is 0. The number of likely N-dealkylation sites (tertiary alicyclic amines) is 1. The summed E-state index contributed by atoms with van der Waals surface area (Å²) in [6.07, 6.45) is 6.05. The van der Waals surface area contributed by atoms with Crippen LogP contribution in [0.25, 0.3) is 10.9 Å². The molecule has 1 aromatic carbocycles. The van der Waals surface area contributed by atoms with Crippen molar-refractivity contribution in [2.75, 3.05) is 46.8 Å². The Balaban J connectivity index is 1.50. The summed E-state index contributed by atoms with van der Waals surface area (Å²) in [5.41, 5.74) is 1.64. The molecule has 0 N–H and O–H groups in total. The fraction of sp³-hybridized carbons (Fsp3) is 0.440. The van der Waals surface area contributed by atoms with E-state index >= 15 is 0 Å². The van der Waals surface area contributed by atoms with Gasteiger partial charge < -0.3 is 9.80 Å². The SMILES string of the molecule is CN(C)CCN(C1CCN(CCc2ccccn2)CC1)S(=O)(=O)c1cccc2cccnc12. The van der Waals surface area contributed by atoms with E-state index in [9.17, 15) is 8.42 Å². The van der Waals surface area contributed by atoms with Crippen molar-refractivity contribution in [3.05, 3.63) is 66.6 Å². The highest BCUT2D eigenvalue weighted by Gasteiger charge is 2.34. The molecule has 2 aromatic heterocycles. The van der Waals surface area contributed by atoms with Gasteiger partial charge in [-0.2, -0.15) is 4.31 Å². The highest BCUT2D eigenvalue weighted by Crippen LogP contribution is 2.28. The van der Waals surface area contributed by atoms with Crippen LogP contribution in [0.3, 0.4) is 0 Å². The lowest BCUT2D eigenvalue weighted by atomic mass is 10.0. The van der Waals surface area contributed by atoms with Gasteiger partial charge in [-0.3, -0.25) is 9.97 Å². The van der Waals surface area contributed by atoms with Crippen molar-refractivity contribution in [3.63, 3.8) is 0 Å². The Bertz CT molecular complexity index is 1140. The summed E-state index contributed by atoms with van der Waals surface area (Å²) in [6, 6.07) is 15.1. The fourth-order valence-electron chi connectivity index (χ4n) is 4.46. The molecule has 4 rings (SSSR count). The van der Waals surface area contributed by atoms with E-state index in [1.54, 1.807) is 22.6 Å². The average molecular weight is 468 g/mol. The number of pyridine rings is 2. The molecule has 1 aliphatic heterocycles. The van der Waals surface area contributed by atoms with Crippen LogP contribution in [0.2, 0.25) is 0 Å². The first kappa shape index (κ1) is 23.8. The predicted octanol–water partition coefficient (Wildman–Crippen LogP) is 2.89. The Morgan fingerprint density at radius 2 is 1.70 bits per heavy atom. The van der Waals surface area contributed by atoms with Crippen LogP contribution in [0.5, 0.6) is 0 Å². The van der Waals surface area contributed by atoms with Gasteiger partial charge in [-0.1, -0.05) is 24.3 Å². The molecule has 1 fully saturated rings. The number of rotatable bonds is 9. The van der Waals surface area contributed by atoms with Crippen molar-refractivity contribution in [2.45, 2.75) is 30.2 Å². The van der Waals surface area contributed by atoms with Crippen molar-refractivity contribution in [3.8, 4) is 0 Å². The average Bonchev–Trinajstić information content (AvgIpc) is 2.83. The smallest absolute Gasteiger partial charge is 0.245 e. The lowest BCUT2D eigenvalue weighted by Gasteiger charge is -2.38. The summed E-state index contributed by atoms with van der Waals surface area (Å²) in [4.78, 5) is 13.6. The van der Waals surface area contributed by atoms with Gasteiger partial charge in [-0.15, -0.1) is 0 Å². The molecule has 0 saturated carbocycles. The normalized spacial score (nSPS) is 16.1. The molecule has 3 aromatic rings. The minimum atomic E-state index is -3.68. The molecule has 0 aliphatic carbocycles. The first-order chi connectivity index (χ1) is 15.9. The first-order valence-electron chi connectivity index (χ1n) is 11.6. The van der Waals surface area contributed by atoms with Crippen molar-refractivity contribution in [1.82, 2.24) is 24.1 Å². The maximum absolute atomic E-state index is 13.9. The highest BCUT2D eigenvalue weighted by atomic mass is 32.2. The number of hydrogen-bond acceptors (Lipinski definition) is 6. The highest BCUT2D eigenvalue weighted by molar-refractivity contribution is 7.89. The Hall–Kier alpha value is -2.39. The number of nitrogens with zero attached hydrogens (tertiary/aromatic N) is 5. The third-order valence-electron chi connectivity index (χ3n) is 6.32. The van der Waals surface area contributed by atoms with Gasteiger partial charge >= 0.3 is 0 Å². The van der Waals surface area contributed by atoms with E-state index in [0.29, 0.717) is 23.5 Å². The van der Waals surface area contributed by atoms with Crippen LogP contribution in [-0.2, 0) is 16.4 Å². The second-order valence-corrected chi connectivity index (χ2v) is 10.8. The molecule has 33 heavy (non-hydrogen) atoms. The molecule has 176 valence electrons. The molecular formula is C25H33N5O2S. The van der Waals surface area contributed by atoms with Crippen molar-refractivity contribution in [2.24, 2.45) is 0 Å². The maximum atomic E-state index is 13.9. The van der Waals surface area contributed by atoms with Gasteiger partial charge in [-0.05, 0) is 64.3 Å². The quantitative estimate of drug-likeness (QED) is 0.482. The summed E-state index contributed by atoms with van der Waals surface area (Å²) in [6.45, 7) is 3.87. The Labute approximate surface area is 197 Å². The topological polar surface area (TPSA) is 69.6 Å². The number of piperidine rings is 1. The molecular weight excluding hydrogens is 434 g/mol. The van der Waals surface area contributed by atoms with Crippen molar-refractivity contribution < 1.29 is 8.42 Å². The third-order valence-corrected chi connectivity index (χ3v) is 8.31. The molecule has 0 amide bonds. The van der Waals surface area contributed by atoms with Crippen LogP contribution in [0.4, 0.5) is 0 Å². The number of sulfonamides is 1.